The summed E-state index contributed by atoms with van der Waals surface area (Å²) in [7, 11) is 0. The highest BCUT2D eigenvalue weighted by Gasteiger charge is 2.21. The summed E-state index contributed by atoms with van der Waals surface area (Å²) in [6, 6.07) is 9.91. The van der Waals surface area contributed by atoms with Crippen molar-refractivity contribution in [2.45, 2.75) is 19.3 Å². The third kappa shape index (κ3) is 2.39. The summed E-state index contributed by atoms with van der Waals surface area (Å²) < 4.78 is 0. The molecule has 0 aliphatic carbocycles. The average molecular weight is 304 g/mol. The van der Waals surface area contributed by atoms with Crippen LogP contribution in [-0.4, -0.2) is 10.8 Å². The Labute approximate surface area is 126 Å². The lowest BCUT2D eigenvalue weighted by Crippen LogP contribution is -2.04. The van der Waals surface area contributed by atoms with Crippen LogP contribution in [0.3, 0.4) is 0 Å². The molecule has 2 nitrogen and oxygen atoms in total. The van der Waals surface area contributed by atoms with Gasteiger partial charge in [-0.05, 0) is 36.1 Å². The van der Waals surface area contributed by atoms with Crippen molar-refractivity contribution in [1.29, 1.82) is 0 Å². The van der Waals surface area contributed by atoms with Crippen molar-refractivity contribution in [3.05, 3.63) is 57.4 Å². The normalized spacial score (nSPS) is 12.7. The van der Waals surface area contributed by atoms with Crippen LogP contribution in [0.15, 0.2) is 41.9 Å². The van der Waals surface area contributed by atoms with Gasteiger partial charge < -0.3 is 4.98 Å². The number of fused-ring (bicyclic) bond motifs is 1. The first-order chi connectivity index (χ1) is 9.66. The summed E-state index contributed by atoms with van der Waals surface area (Å²) in [6.07, 6.45) is 2.47. The van der Waals surface area contributed by atoms with Gasteiger partial charge in [0.1, 0.15) is 5.78 Å². The molecule has 0 saturated heterocycles. The first kappa shape index (κ1) is 13.4. The maximum atomic E-state index is 11.6. The Morgan fingerprint density at radius 1 is 1.35 bits per heavy atom. The Balaban J connectivity index is 2.17. The summed E-state index contributed by atoms with van der Waals surface area (Å²) in [5, 5.41) is 3.79. The van der Waals surface area contributed by atoms with Crippen LogP contribution in [0.4, 0.5) is 0 Å². The van der Waals surface area contributed by atoms with Crippen molar-refractivity contribution in [3.63, 3.8) is 0 Å². The number of benzene rings is 1. The number of aromatic amines is 1. The molecular weight excluding hydrogens is 290 g/mol. The first-order valence-corrected chi connectivity index (χ1v) is 7.71. The molecule has 0 spiro atoms. The fraction of sp³-hybridized carbons (Fsp3) is 0.188. The average Bonchev–Trinajstić information content (AvgIpc) is 3.06. The van der Waals surface area contributed by atoms with Crippen molar-refractivity contribution in [2.24, 2.45) is 0 Å². The highest BCUT2D eigenvalue weighted by molar-refractivity contribution is 7.10. The SMILES string of the molecule is CC(=O)CC(c1cccs1)c1c[nH]c2cccc(Cl)c12. The number of rotatable bonds is 4. The molecule has 0 aliphatic rings. The lowest BCUT2D eigenvalue weighted by Gasteiger charge is -2.13. The maximum absolute atomic E-state index is 11.6. The van der Waals surface area contributed by atoms with Crippen molar-refractivity contribution >= 4 is 39.6 Å². The quantitative estimate of drug-likeness (QED) is 0.723. The number of hydrogen-bond donors (Lipinski definition) is 1. The second-order valence-electron chi connectivity index (χ2n) is 4.88. The van der Waals surface area contributed by atoms with Gasteiger partial charge in [0, 0.05) is 34.3 Å². The third-order valence-corrected chi connectivity index (χ3v) is 4.74. The first-order valence-electron chi connectivity index (χ1n) is 6.45. The number of thiophene rings is 1. The molecule has 1 aromatic carbocycles. The number of nitrogens with one attached hydrogen (secondary N) is 1. The molecule has 0 bridgehead atoms. The summed E-state index contributed by atoms with van der Waals surface area (Å²) in [6.45, 7) is 1.64. The van der Waals surface area contributed by atoms with E-state index < -0.39 is 0 Å². The van der Waals surface area contributed by atoms with Gasteiger partial charge in [0.15, 0.2) is 0 Å². The Hall–Kier alpha value is -1.58. The zero-order valence-corrected chi connectivity index (χ0v) is 12.6. The molecule has 1 atom stereocenters. The summed E-state index contributed by atoms with van der Waals surface area (Å²) >= 11 is 8.02. The highest BCUT2D eigenvalue weighted by Crippen LogP contribution is 2.38. The Morgan fingerprint density at radius 2 is 2.20 bits per heavy atom. The van der Waals surface area contributed by atoms with Crippen molar-refractivity contribution in [1.82, 2.24) is 4.98 Å². The van der Waals surface area contributed by atoms with E-state index in [9.17, 15) is 4.79 Å². The van der Waals surface area contributed by atoms with Crippen LogP contribution in [0.1, 0.15) is 29.7 Å². The Bertz CT molecular complexity index is 745. The number of hydrogen-bond acceptors (Lipinski definition) is 2. The third-order valence-electron chi connectivity index (χ3n) is 3.44. The number of carbonyl (C=O) groups is 1. The molecule has 20 heavy (non-hydrogen) atoms. The number of H-pyrrole nitrogens is 1. The summed E-state index contributed by atoms with van der Waals surface area (Å²) in [5.41, 5.74) is 2.11. The van der Waals surface area contributed by atoms with E-state index in [0.717, 1.165) is 21.5 Å². The second kappa shape index (κ2) is 5.43. The molecule has 0 fully saturated rings. The predicted molar refractivity (Wildman–Crippen MR) is 84.8 cm³/mol. The highest BCUT2D eigenvalue weighted by atomic mass is 35.5. The smallest absolute Gasteiger partial charge is 0.130 e. The largest absolute Gasteiger partial charge is 0.361 e. The van der Waals surface area contributed by atoms with Gasteiger partial charge in [0.2, 0.25) is 0 Å². The number of halogens is 1. The van der Waals surface area contributed by atoms with Gasteiger partial charge in [-0.2, -0.15) is 0 Å². The summed E-state index contributed by atoms with van der Waals surface area (Å²) in [4.78, 5) is 16.1. The van der Waals surface area contributed by atoms with Gasteiger partial charge in [0.25, 0.3) is 0 Å². The Kier molecular flexibility index (Phi) is 3.64. The van der Waals surface area contributed by atoms with Gasteiger partial charge >= 0.3 is 0 Å². The zero-order chi connectivity index (χ0) is 14.1. The lowest BCUT2D eigenvalue weighted by molar-refractivity contribution is -0.117. The minimum absolute atomic E-state index is 0.0705. The molecular formula is C16H14ClNOS. The van der Waals surface area contributed by atoms with Crippen molar-refractivity contribution in [3.8, 4) is 0 Å². The number of ketones is 1. The van der Waals surface area contributed by atoms with Gasteiger partial charge in [0.05, 0.1) is 5.02 Å². The second-order valence-corrected chi connectivity index (χ2v) is 6.27. The molecule has 0 radical (unpaired) electrons. The molecule has 1 N–H and O–H groups in total. The van der Waals surface area contributed by atoms with Crippen LogP contribution >= 0.6 is 22.9 Å². The Morgan fingerprint density at radius 3 is 2.90 bits per heavy atom. The molecule has 102 valence electrons. The minimum Gasteiger partial charge on any atom is -0.361 e. The monoisotopic (exact) mass is 303 g/mol. The van der Waals surface area contributed by atoms with Gasteiger partial charge in [-0.1, -0.05) is 23.7 Å². The van der Waals surface area contributed by atoms with E-state index in [1.807, 2.05) is 35.8 Å². The van der Waals surface area contributed by atoms with Crippen LogP contribution in [0.2, 0.25) is 5.02 Å². The topological polar surface area (TPSA) is 32.9 Å². The number of carbonyl (C=O) groups excluding carboxylic acids is 1. The lowest BCUT2D eigenvalue weighted by atomic mass is 9.92. The van der Waals surface area contributed by atoms with Crippen LogP contribution in [-0.2, 0) is 4.79 Å². The van der Waals surface area contributed by atoms with Gasteiger partial charge in [-0.15, -0.1) is 11.3 Å². The van der Waals surface area contributed by atoms with E-state index >= 15 is 0 Å². The van der Waals surface area contributed by atoms with E-state index in [4.69, 9.17) is 11.6 Å². The maximum Gasteiger partial charge on any atom is 0.130 e. The van der Waals surface area contributed by atoms with Crippen LogP contribution in [0.25, 0.3) is 10.9 Å². The summed E-state index contributed by atoms with van der Waals surface area (Å²) in [5.74, 6) is 0.256. The molecule has 4 heteroatoms. The van der Waals surface area contributed by atoms with Crippen molar-refractivity contribution < 1.29 is 4.79 Å². The van der Waals surface area contributed by atoms with E-state index in [1.54, 1.807) is 18.3 Å². The molecule has 0 aliphatic heterocycles. The fourth-order valence-electron chi connectivity index (χ4n) is 2.58. The fourth-order valence-corrected chi connectivity index (χ4v) is 3.71. The molecule has 2 aromatic heterocycles. The molecule has 3 aromatic rings. The van der Waals surface area contributed by atoms with Crippen LogP contribution < -0.4 is 0 Å². The van der Waals surface area contributed by atoms with E-state index in [2.05, 4.69) is 11.1 Å². The van der Waals surface area contributed by atoms with Gasteiger partial charge in [-0.25, -0.2) is 0 Å². The van der Waals surface area contributed by atoms with Gasteiger partial charge in [-0.3, -0.25) is 4.79 Å². The van der Waals surface area contributed by atoms with Crippen LogP contribution in [0.5, 0.6) is 0 Å². The molecule has 0 saturated carbocycles. The van der Waals surface area contributed by atoms with E-state index in [-0.39, 0.29) is 11.7 Å². The zero-order valence-electron chi connectivity index (χ0n) is 11.0. The number of Topliss-reactive ketones (excluding diaryl/α,β-unsaturated/α-hetero) is 1. The minimum atomic E-state index is 0.0705. The molecule has 0 amide bonds. The molecule has 2 heterocycles. The van der Waals surface area contributed by atoms with Crippen LogP contribution in [0, 0.1) is 0 Å². The van der Waals surface area contributed by atoms with Crippen molar-refractivity contribution in [2.75, 3.05) is 0 Å². The van der Waals surface area contributed by atoms with E-state index in [0.29, 0.717) is 6.42 Å². The molecule has 3 rings (SSSR count). The standard InChI is InChI=1S/C16H14ClNOS/c1-10(19)8-11(15-6-3-7-20-15)12-9-18-14-5-2-4-13(17)16(12)14/h2-7,9,11,18H,8H2,1H3. The van der Waals surface area contributed by atoms with E-state index in [1.165, 1.54) is 4.88 Å². The predicted octanol–water partition coefficient (Wildman–Crippen LogP) is 4.99. The number of aromatic nitrogens is 1. The molecule has 1 unspecified atom stereocenters.